The molecule has 0 aliphatic heterocycles. The Hall–Kier alpha value is -0.990. The highest BCUT2D eigenvalue weighted by atomic mass is 127. The zero-order valence-corrected chi connectivity index (χ0v) is 15.7. The van der Waals surface area contributed by atoms with Crippen LogP contribution in [0.2, 0.25) is 0 Å². The predicted molar refractivity (Wildman–Crippen MR) is 102 cm³/mol. The quantitative estimate of drug-likeness (QED) is 0.541. The van der Waals surface area contributed by atoms with Crippen LogP contribution in [0.1, 0.15) is 15.9 Å². The lowest BCUT2D eigenvalue weighted by Gasteiger charge is -2.19. The van der Waals surface area contributed by atoms with Crippen LogP contribution in [-0.2, 0) is 0 Å². The average Bonchev–Trinajstić information content (AvgIpc) is 2.48. The van der Waals surface area contributed by atoms with E-state index >= 15 is 0 Å². The summed E-state index contributed by atoms with van der Waals surface area (Å²) in [6.45, 7) is 0. The van der Waals surface area contributed by atoms with Gasteiger partial charge in [-0.2, -0.15) is 0 Å². The van der Waals surface area contributed by atoms with Crippen molar-refractivity contribution in [1.29, 1.82) is 0 Å². The first-order chi connectivity index (χ1) is 9.90. The lowest BCUT2D eigenvalue weighted by molar-refractivity contribution is 0.0992. The molecule has 0 radical (unpaired) electrons. The van der Waals surface area contributed by atoms with Gasteiger partial charge in [-0.25, -0.2) is 0 Å². The summed E-state index contributed by atoms with van der Waals surface area (Å²) in [5.41, 5.74) is 7.74. The Morgan fingerprint density at radius 2 is 2.00 bits per heavy atom. The average molecular weight is 475 g/mol. The van der Waals surface area contributed by atoms with Gasteiger partial charge in [-0.3, -0.25) is 4.79 Å². The van der Waals surface area contributed by atoms with E-state index in [4.69, 9.17) is 18.0 Å². The molecule has 2 aromatic carbocycles. The third kappa shape index (κ3) is 3.81. The molecule has 2 aromatic rings. The Balaban J connectivity index is 2.37. The van der Waals surface area contributed by atoms with Gasteiger partial charge in [-0.15, -0.1) is 0 Å². The summed E-state index contributed by atoms with van der Waals surface area (Å²) < 4.78 is 1.77. The largest absolute Gasteiger partial charge is 0.389 e. The normalized spacial score (nSPS) is 10.2. The van der Waals surface area contributed by atoms with E-state index < -0.39 is 0 Å². The minimum Gasteiger partial charge on any atom is -0.389 e. The maximum Gasteiger partial charge on any atom is 0.259 e. The van der Waals surface area contributed by atoms with Gasteiger partial charge in [0.25, 0.3) is 5.91 Å². The van der Waals surface area contributed by atoms with Gasteiger partial charge < -0.3 is 10.6 Å². The summed E-state index contributed by atoms with van der Waals surface area (Å²) in [5, 5.41) is 0. The predicted octanol–water partition coefficient (Wildman–Crippen LogP) is 3.96. The van der Waals surface area contributed by atoms with Crippen molar-refractivity contribution in [1.82, 2.24) is 0 Å². The molecule has 2 rings (SSSR count). The summed E-state index contributed by atoms with van der Waals surface area (Å²) in [7, 11) is 1.73. The second-order valence-corrected chi connectivity index (χ2v) is 6.94. The highest BCUT2D eigenvalue weighted by Gasteiger charge is 2.17. The van der Waals surface area contributed by atoms with Gasteiger partial charge in [-0.05, 0) is 68.9 Å². The Morgan fingerprint density at radius 3 is 2.67 bits per heavy atom. The fourth-order valence-corrected chi connectivity index (χ4v) is 2.86. The number of halogens is 2. The van der Waals surface area contributed by atoms with Crippen LogP contribution in [0.5, 0.6) is 0 Å². The van der Waals surface area contributed by atoms with Gasteiger partial charge in [0.05, 0.1) is 5.56 Å². The number of carbonyl (C=O) groups excluding carboxylic acids is 1. The van der Waals surface area contributed by atoms with Crippen LogP contribution < -0.4 is 10.6 Å². The zero-order chi connectivity index (χ0) is 15.6. The third-order valence-corrected chi connectivity index (χ3v) is 4.58. The molecular weight excluding hydrogens is 463 g/mol. The smallest absolute Gasteiger partial charge is 0.259 e. The van der Waals surface area contributed by atoms with Crippen molar-refractivity contribution in [2.24, 2.45) is 5.73 Å². The van der Waals surface area contributed by atoms with Crippen molar-refractivity contribution < 1.29 is 4.79 Å². The number of thiocarbonyl (C=S) groups is 1. The summed E-state index contributed by atoms with van der Waals surface area (Å²) in [4.78, 5) is 14.5. The summed E-state index contributed by atoms with van der Waals surface area (Å²) >= 11 is 10.6. The van der Waals surface area contributed by atoms with E-state index in [0.717, 1.165) is 19.3 Å². The first kappa shape index (κ1) is 16.4. The number of anilines is 1. The number of benzene rings is 2. The van der Waals surface area contributed by atoms with Crippen molar-refractivity contribution in [2.45, 2.75) is 0 Å². The molecule has 0 aliphatic rings. The Labute approximate surface area is 150 Å². The highest BCUT2D eigenvalue weighted by molar-refractivity contribution is 14.1. The first-order valence-corrected chi connectivity index (χ1v) is 8.31. The molecule has 21 heavy (non-hydrogen) atoms. The SMILES string of the molecule is CN(C(=O)c1cc(I)ccc1Br)c1cccc(C(N)=S)c1. The number of nitrogens with two attached hydrogens (primary N) is 1. The minimum absolute atomic E-state index is 0.0968. The maximum atomic E-state index is 12.6. The van der Waals surface area contributed by atoms with Gasteiger partial charge in [0.2, 0.25) is 0 Å². The van der Waals surface area contributed by atoms with E-state index in [-0.39, 0.29) is 5.91 Å². The fraction of sp³-hybridized carbons (Fsp3) is 0.0667. The van der Waals surface area contributed by atoms with Crippen molar-refractivity contribution >= 4 is 67.3 Å². The van der Waals surface area contributed by atoms with Crippen molar-refractivity contribution in [3.05, 3.63) is 61.6 Å². The summed E-state index contributed by atoms with van der Waals surface area (Å²) in [6, 6.07) is 13.0. The molecule has 3 nitrogen and oxygen atoms in total. The molecule has 0 bridgehead atoms. The number of rotatable bonds is 3. The molecule has 0 aromatic heterocycles. The van der Waals surface area contributed by atoms with E-state index in [2.05, 4.69) is 38.5 Å². The van der Waals surface area contributed by atoms with Crippen LogP contribution in [0.15, 0.2) is 46.9 Å². The summed E-state index contributed by atoms with van der Waals surface area (Å²) in [6.07, 6.45) is 0. The first-order valence-electron chi connectivity index (χ1n) is 6.03. The van der Waals surface area contributed by atoms with E-state index in [1.54, 1.807) is 11.9 Å². The molecule has 0 fully saturated rings. The topological polar surface area (TPSA) is 46.3 Å². The number of amides is 1. The van der Waals surface area contributed by atoms with Gasteiger partial charge in [0.1, 0.15) is 4.99 Å². The minimum atomic E-state index is -0.0968. The van der Waals surface area contributed by atoms with Crippen LogP contribution >= 0.6 is 50.7 Å². The molecule has 0 unspecified atom stereocenters. The van der Waals surface area contributed by atoms with Gasteiger partial charge in [-0.1, -0.05) is 24.4 Å². The third-order valence-electron chi connectivity index (χ3n) is 2.98. The lowest BCUT2D eigenvalue weighted by atomic mass is 10.1. The standard InChI is InChI=1S/C15H12BrIN2OS/c1-19(11-4-2-3-9(7-11)14(18)21)15(20)12-8-10(17)5-6-13(12)16/h2-8H,1H3,(H2,18,21). The monoisotopic (exact) mass is 474 g/mol. The molecule has 1 amide bonds. The van der Waals surface area contributed by atoms with Crippen LogP contribution in [0, 0.1) is 3.57 Å². The molecule has 6 heteroatoms. The van der Waals surface area contributed by atoms with Gasteiger partial charge >= 0.3 is 0 Å². The molecule has 108 valence electrons. The lowest BCUT2D eigenvalue weighted by Crippen LogP contribution is -2.27. The fourth-order valence-electron chi connectivity index (χ4n) is 1.83. The molecular formula is C15H12BrIN2OS. The second-order valence-electron chi connectivity index (χ2n) is 4.40. The molecule has 0 aliphatic carbocycles. The molecule has 0 saturated carbocycles. The van der Waals surface area contributed by atoms with E-state index in [1.807, 2.05) is 42.5 Å². The number of hydrogen-bond donors (Lipinski definition) is 1. The number of hydrogen-bond acceptors (Lipinski definition) is 2. The van der Waals surface area contributed by atoms with E-state index in [1.165, 1.54) is 0 Å². The van der Waals surface area contributed by atoms with Crippen molar-refractivity contribution in [3.8, 4) is 0 Å². The van der Waals surface area contributed by atoms with Crippen LogP contribution in [0.3, 0.4) is 0 Å². The second kappa shape index (κ2) is 6.85. The Kier molecular flexibility index (Phi) is 5.34. The van der Waals surface area contributed by atoms with Crippen LogP contribution in [0.25, 0.3) is 0 Å². The maximum absolute atomic E-state index is 12.6. The van der Waals surface area contributed by atoms with E-state index in [9.17, 15) is 4.79 Å². The molecule has 0 spiro atoms. The number of carbonyl (C=O) groups is 1. The van der Waals surface area contributed by atoms with Crippen molar-refractivity contribution in [2.75, 3.05) is 11.9 Å². The van der Waals surface area contributed by atoms with Crippen LogP contribution in [-0.4, -0.2) is 17.9 Å². The Morgan fingerprint density at radius 1 is 1.29 bits per heavy atom. The Bertz CT molecular complexity index is 721. The molecule has 0 heterocycles. The zero-order valence-electron chi connectivity index (χ0n) is 11.1. The van der Waals surface area contributed by atoms with Gasteiger partial charge in [0.15, 0.2) is 0 Å². The molecule has 0 atom stereocenters. The molecule has 2 N–H and O–H groups in total. The summed E-state index contributed by atoms with van der Waals surface area (Å²) in [5.74, 6) is -0.0968. The van der Waals surface area contributed by atoms with Crippen LogP contribution in [0.4, 0.5) is 5.69 Å². The van der Waals surface area contributed by atoms with Gasteiger partial charge in [0, 0.05) is 26.3 Å². The van der Waals surface area contributed by atoms with E-state index in [0.29, 0.717) is 10.6 Å². The highest BCUT2D eigenvalue weighted by Crippen LogP contribution is 2.23. The molecule has 0 saturated heterocycles. The van der Waals surface area contributed by atoms with Crippen molar-refractivity contribution in [3.63, 3.8) is 0 Å². The number of nitrogens with zero attached hydrogens (tertiary/aromatic N) is 1.